The maximum Gasteiger partial charge on any atom is 0.0687 e. The fraction of sp³-hybridized carbons (Fsp3) is 1.00. The molecule has 1 aliphatic heterocycles. The Balaban J connectivity index is 1.88. The van der Waals surface area contributed by atoms with Crippen molar-refractivity contribution in [3.8, 4) is 0 Å². The Hall–Kier alpha value is 0.250. The van der Waals surface area contributed by atoms with Crippen molar-refractivity contribution in [3.05, 3.63) is 0 Å². The van der Waals surface area contributed by atoms with E-state index >= 15 is 0 Å². The Kier molecular flexibility index (Phi) is 4.99. The molecule has 1 aliphatic carbocycles. The minimum atomic E-state index is 0.266. The van der Waals surface area contributed by atoms with Crippen LogP contribution in [0.2, 0.25) is 0 Å². The van der Waals surface area contributed by atoms with Gasteiger partial charge in [0.15, 0.2) is 0 Å². The molecule has 2 fully saturated rings. The van der Waals surface area contributed by atoms with Crippen LogP contribution >= 0.6 is 11.6 Å². The third-order valence-corrected chi connectivity index (χ3v) is 5.65. The van der Waals surface area contributed by atoms with Crippen LogP contribution in [0, 0.1) is 5.41 Å². The molecule has 2 aliphatic rings. The third-order valence-electron chi connectivity index (χ3n) is 5.00. The molecule has 2 heteroatoms. The Morgan fingerprint density at radius 2 is 1.94 bits per heavy atom. The largest absolute Gasteiger partial charge is 0.372 e. The summed E-state index contributed by atoms with van der Waals surface area (Å²) in [5.41, 5.74) is 0.545. The van der Waals surface area contributed by atoms with Crippen LogP contribution < -0.4 is 0 Å². The minimum Gasteiger partial charge on any atom is -0.372 e. The molecule has 0 bridgehead atoms. The van der Waals surface area contributed by atoms with Crippen LogP contribution in [0.3, 0.4) is 0 Å². The monoisotopic (exact) mass is 272 g/mol. The van der Waals surface area contributed by atoms with Crippen molar-refractivity contribution < 1.29 is 4.74 Å². The van der Waals surface area contributed by atoms with Gasteiger partial charge in [-0.05, 0) is 43.9 Å². The number of hydrogen-bond donors (Lipinski definition) is 0. The normalized spacial score (nSPS) is 30.5. The molecule has 2 atom stereocenters. The number of ether oxygens (including phenoxy) is 1. The second-order valence-electron chi connectivity index (χ2n) is 6.92. The molecule has 0 radical (unpaired) electrons. The zero-order chi connectivity index (χ0) is 13.1. The van der Waals surface area contributed by atoms with Gasteiger partial charge in [-0.2, -0.15) is 0 Å². The lowest BCUT2D eigenvalue weighted by molar-refractivity contribution is -0.0749. The number of halogens is 1. The Bertz CT molecular complexity index is 260. The van der Waals surface area contributed by atoms with Crippen molar-refractivity contribution in [2.24, 2.45) is 5.41 Å². The van der Waals surface area contributed by atoms with Gasteiger partial charge in [0.25, 0.3) is 0 Å². The Morgan fingerprint density at radius 1 is 1.22 bits per heavy atom. The molecule has 0 N–H and O–H groups in total. The van der Waals surface area contributed by atoms with Crippen molar-refractivity contribution in [1.29, 1.82) is 0 Å². The first-order chi connectivity index (χ1) is 8.61. The summed E-state index contributed by atoms with van der Waals surface area (Å²) >= 11 is 6.19. The third kappa shape index (κ3) is 3.42. The maximum absolute atomic E-state index is 6.48. The van der Waals surface area contributed by atoms with Gasteiger partial charge in [-0.25, -0.2) is 0 Å². The van der Waals surface area contributed by atoms with Crippen molar-refractivity contribution in [2.75, 3.05) is 5.88 Å². The van der Waals surface area contributed by atoms with Gasteiger partial charge in [0.2, 0.25) is 0 Å². The summed E-state index contributed by atoms with van der Waals surface area (Å²) in [6, 6.07) is 0. The fourth-order valence-electron chi connectivity index (χ4n) is 3.98. The highest BCUT2D eigenvalue weighted by Gasteiger charge is 2.42. The number of alkyl halides is 1. The lowest BCUT2D eigenvalue weighted by atomic mass is 9.81. The van der Waals surface area contributed by atoms with Gasteiger partial charge in [-0.15, -0.1) is 11.6 Å². The molecular weight excluding hydrogens is 244 g/mol. The molecule has 0 aromatic carbocycles. The number of hydrogen-bond acceptors (Lipinski definition) is 1. The first-order valence-electron chi connectivity index (χ1n) is 7.85. The first-order valence-corrected chi connectivity index (χ1v) is 8.39. The average Bonchev–Trinajstić information content (AvgIpc) is 2.73. The lowest BCUT2D eigenvalue weighted by Gasteiger charge is -2.35. The van der Waals surface area contributed by atoms with E-state index in [1.165, 1.54) is 57.8 Å². The molecule has 0 amide bonds. The van der Waals surface area contributed by atoms with Gasteiger partial charge in [-0.3, -0.25) is 0 Å². The topological polar surface area (TPSA) is 9.23 Å². The van der Waals surface area contributed by atoms with Crippen LogP contribution in [0.4, 0.5) is 0 Å². The van der Waals surface area contributed by atoms with Crippen LogP contribution in [0.5, 0.6) is 0 Å². The summed E-state index contributed by atoms with van der Waals surface area (Å²) in [6.07, 6.45) is 13.4. The minimum absolute atomic E-state index is 0.266. The van der Waals surface area contributed by atoms with Crippen molar-refractivity contribution in [1.82, 2.24) is 0 Å². The molecule has 2 unspecified atom stereocenters. The maximum atomic E-state index is 6.48. The van der Waals surface area contributed by atoms with Crippen molar-refractivity contribution in [2.45, 2.75) is 89.8 Å². The second kappa shape index (κ2) is 6.13. The summed E-state index contributed by atoms with van der Waals surface area (Å²) < 4.78 is 6.48. The molecule has 18 heavy (non-hydrogen) atoms. The summed E-state index contributed by atoms with van der Waals surface area (Å²) in [6.45, 7) is 4.58. The van der Waals surface area contributed by atoms with Gasteiger partial charge >= 0.3 is 0 Å². The van der Waals surface area contributed by atoms with Gasteiger partial charge in [0.05, 0.1) is 11.7 Å². The van der Waals surface area contributed by atoms with Gasteiger partial charge in [-0.1, -0.05) is 39.5 Å². The van der Waals surface area contributed by atoms with E-state index in [1.807, 2.05) is 0 Å². The number of rotatable bonds is 5. The zero-order valence-corrected chi connectivity index (χ0v) is 12.9. The van der Waals surface area contributed by atoms with E-state index in [0.717, 1.165) is 12.3 Å². The molecule has 1 saturated carbocycles. The molecule has 0 aromatic heterocycles. The van der Waals surface area contributed by atoms with E-state index in [1.54, 1.807) is 0 Å². The molecule has 0 aromatic rings. The van der Waals surface area contributed by atoms with Crippen LogP contribution in [-0.4, -0.2) is 17.6 Å². The van der Waals surface area contributed by atoms with Gasteiger partial charge in [0, 0.05) is 5.88 Å². The average molecular weight is 273 g/mol. The molecule has 1 spiro atoms. The Morgan fingerprint density at radius 3 is 2.56 bits per heavy atom. The lowest BCUT2D eigenvalue weighted by Crippen LogP contribution is -2.33. The highest BCUT2D eigenvalue weighted by molar-refractivity contribution is 6.18. The second-order valence-corrected chi connectivity index (χ2v) is 7.19. The van der Waals surface area contributed by atoms with Crippen molar-refractivity contribution in [3.63, 3.8) is 0 Å². The van der Waals surface area contributed by atoms with E-state index in [9.17, 15) is 0 Å². The van der Waals surface area contributed by atoms with E-state index in [-0.39, 0.29) is 11.0 Å². The van der Waals surface area contributed by atoms with Crippen LogP contribution in [0.15, 0.2) is 0 Å². The van der Waals surface area contributed by atoms with Crippen LogP contribution in [0.25, 0.3) is 0 Å². The highest BCUT2D eigenvalue weighted by atomic mass is 35.5. The van der Waals surface area contributed by atoms with E-state index in [2.05, 4.69) is 13.8 Å². The van der Waals surface area contributed by atoms with Gasteiger partial charge in [0.1, 0.15) is 0 Å². The van der Waals surface area contributed by atoms with Crippen LogP contribution in [0.1, 0.15) is 78.1 Å². The van der Waals surface area contributed by atoms with E-state index in [0.29, 0.717) is 6.10 Å². The zero-order valence-electron chi connectivity index (χ0n) is 12.1. The molecule has 106 valence electrons. The molecule has 1 saturated heterocycles. The SMILES string of the molecule is CCCC(C)(CCl)CC1CCC2(CCCCC2)O1. The predicted octanol–water partition coefficient (Wildman–Crippen LogP) is 5.30. The summed E-state index contributed by atoms with van der Waals surface area (Å²) in [7, 11) is 0. The van der Waals surface area contributed by atoms with Crippen LogP contribution in [-0.2, 0) is 4.74 Å². The first kappa shape index (κ1) is 14.7. The summed E-state index contributed by atoms with van der Waals surface area (Å²) in [4.78, 5) is 0. The van der Waals surface area contributed by atoms with E-state index < -0.39 is 0 Å². The summed E-state index contributed by atoms with van der Waals surface area (Å²) in [5, 5.41) is 0. The summed E-state index contributed by atoms with van der Waals surface area (Å²) in [5.74, 6) is 0.772. The highest BCUT2D eigenvalue weighted by Crippen LogP contribution is 2.45. The standard InChI is InChI=1S/C16H29ClO/c1-3-8-15(2,13-17)12-14-7-11-16(18-14)9-5-4-6-10-16/h14H,3-13H2,1-2H3. The molecular formula is C16H29ClO. The predicted molar refractivity (Wildman–Crippen MR) is 78.3 cm³/mol. The Labute approximate surface area is 118 Å². The quantitative estimate of drug-likeness (QED) is 0.617. The van der Waals surface area contributed by atoms with Gasteiger partial charge < -0.3 is 4.74 Å². The smallest absolute Gasteiger partial charge is 0.0687 e. The molecule has 1 nitrogen and oxygen atoms in total. The molecule has 2 rings (SSSR count). The van der Waals surface area contributed by atoms with E-state index in [4.69, 9.17) is 16.3 Å². The fourth-order valence-corrected chi connectivity index (χ4v) is 4.22. The van der Waals surface area contributed by atoms with Crippen molar-refractivity contribution >= 4 is 11.6 Å². The molecule has 1 heterocycles.